The van der Waals surface area contributed by atoms with Crippen LogP contribution in [0.4, 0.5) is 0 Å². The largest absolute Gasteiger partial charge is 0.469 e. The predicted octanol–water partition coefficient (Wildman–Crippen LogP) is 11.7. The molecule has 0 saturated carbocycles. The molecular weight excluding hydrogens is 651 g/mol. The smallest absolute Gasteiger partial charge is 0.462 e. The predicted molar refractivity (Wildman–Crippen MR) is 207 cm³/mol. The molecule has 0 amide bonds. The van der Waals surface area contributed by atoms with Crippen LogP contribution in [-0.4, -0.2) is 41.0 Å². The van der Waals surface area contributed by atoms with E-state index in [1.54, 1.807) is 0 Å². The normalized spacial score (nSPS) is 13.1. The highest BCUT2D eigenvalue weighted by Crippen LogP contribution is 2.36. The summed E-state index contributed by atoms with van der Waals surface area (Å²) in [5.74, 6) is -0.930. The third kappa shape index (κ3) is 38.6. The number of phosphoric ester groups is 1. The molecule has 0 bridgehead atoms. The van der Waals surface area contributed by atoms with E-state index in [9.17, 15) is 14.2 Å². The second-order valence-electron chi connectivity index (χ2n) is 12.9. The van der Waals surface area contributed by atoms with Crippen LogP contribution in [0.1, 0.15) is 168 Å². The second kappa shape index (κ2) is 36.5. The molecule has 0 aromatic carbocycles. The summed E-state index contributed by atoms with van der Waals surface area (Å²) in [7, 11) is -4.76. The SMILES string of the molecule is CCC/C=C/C/C=C/C/C=C/C/C=C/CCCCCC(=O)OC[C@H](COP(=O)(O)O)OC(=O)CCCCCCCCC/C=C/CCCCCC. The zero-order valence-electron chi connectivity index (χ0n) is 31.5. The molecule has 0 heterocycles. The number of carbonyl (C=O) groups excluding carboxylic acids is 2. The van der Waals surface area contributed by atoms with Gasteiger partial charge in [-0.1, -0.05) is 139 Å². The van der Waals surface area contributed by atoms with Crippen molar-refractivity contribution in [3.05, 3.63) is 60.8 Å². The minimum atomic E-state index is -4.76. The Morgan fingerprint density at radius 2 is 0.940 bits per heavy atom. The fourth-order valence-corrected chi connectivity index (χ4v) is 5.42. The third-order valence-electron chi connectivity index (χ3n) is 7.99. The lowest BCUT2D eigenvalue weighted by atomic mass is 10.1. The molecule has 1 atom stereocenters. The molecule has 0 aromatic rings. The lowest BCUT2D eigenvalue weighted by molar-refractivity contribution is -0.161. The third-order valence-corrected chi connectivity index (χ3v) is 8.48. The summed E-state index contributed by atoms with van der Waals surface area (Å²) in [6, 6.07) is 0. The molecule has 0 fully saturated rings. The molecule has 0 spiro atoms. The molecule has 288 valence electrons. The number of unbranched alkanes of at least 4 members (excludes halogenated alkanes) is 15. The van der Waals surface area contributed by atoms with Gasteiger partial charge in [0.1, 0.15) is 6.61 Å². The molecule has 0 aliphatic heterocycles. The van der Waals surface area contributed by atoms with Gasteiger partial charge < -0.3 is 19.3 Å². The molecule has 0 saturated heterocycles. The van der Waals surface area contributed by atoms with Gasteiger partial charge >= 0.3 is 19.8 Å². The van der Waals surface area contributed by atoms with E-state index in [0.29, 0.717) is 12.8 Å². The van der Waals surface area contributed by atoms with Gasteiger partial charge in [-0.3, -0.25) is 14.1 Å². The highest BCUT2D eigenvalue weighted by molar-refractivity contribution is 7.46. The first-order chi connectivity index (χ1) is 24.3. The number of rotatable bonds is 35. The topological polar surface area (TPSA) is 119 Å². The number of allylic oxidation sites excluding steroid dienone is 10. The average molecular weight is 723 g/mol. The number of carbonyl (C=O) groups is 2. The van der Waals surface area contributed by atoms with Crippen molar-refractivity contribution in [3.8, 4) is 0 Å². The van der Waals surface area contributed by atoms with Crippen molar-refractivity contribution in [2.24, 2.45) is 0 Å². The van der Waals surface area contributed by atoms with E-state index in [0.717, 1.165) is 70.6 Å². The number of hydrogen-bond donors (Lipinski definition) is 2. The van der Waals surface area contributed by atoms with Gasteiger partial charge in [-0.25, -0.2) is 4.57 Å². The molecule has 0 aliphatic rings. The maximum absolute atomic E-state index is 12.4. The number of hydrogen-bond acceptors (Lipinski definition) is 6. The van der Waals surface area contributed by atoms with E-state index in [-0.39, 0.29) is 19.4 Å². The molecule has 0 aliphatic carbocycles. The monoisotopic (exact) mass is 722 g/mol. The summed E-state index contributed by atoms with van der Waals surface area (Å²) in [4.78, 5) is 42.7. The Balaban J connectivity index is 4.03. The van der Waals surface area contributed by atoms with E-state index in [1.807, 2.05) is 0 Å². The van der Waals surface area contributed by atoms with E-state index >= 15 is 0 Å². The van der Waals surface area contributed by atoms with E-state index in [1.165, 1.54) is 57.8 Å². The zero-order valence-corrected chi connectivity index (χ0v) is 32.4. The quantitative estimate of drug-likeness (QED) is 0.0287. The van der Waals surface area contributed by atoms with Crippen molar-refractivity contribution in [2.75, 3.05) is 13.2 Å². The highest BCUT2D eigenvalue weighted by atomic mass is 31.2. The minimum absolute atomic E-state index is 0.197. The van der Waals surface area contributed by atoms with Crippen molar-refractivity contribution in [1.82, 2.24) is 0 Å². The first kappa shape index (κ1) is 47.8. The van der Waals surface area contributed by atoms with Crippen LogP contribution in [0.2, 0.25) is 0 Å². The summed E-state index contributed by atoms with van der Waals surface area (Å²) in [5, 5.41) is 0. The van der Waals surface area contributed by atoms with Gasteiger partial charge in [-0.05, 0) is 77.0 Å². The van der Waals surface area contributed by atoms with Crippen LogP contribution in [0.5, 0.6) is 0 Å². The Kier molecular flexibility index (Phi) is 34.9. The van der Waals surface area contributed by atoms with Crippen molar-refractivity contribution < 1.29 is 37.9 Å². The lowest BCUT2D eigenvalue weighted by Crippen LogP contribution is -2.29. The Morgan fingerprint density at radius 3 is 1.46 bits per heavy atom. The Labute approximate surface area is 305 Å². The molecular formula is C41H71O8P. The summed E-state index contributed by atoms with van der Waals surface area (Å²) >= 11 is 0. The minimum Gasteiger partial charge on any atom is -0.462 e. The summed E-state index contributed by atoms with van der Waals surface area (Å²) in [6.07, 6.45) is 45.1. The van der Waals surface area contributed by atoms with Crippen LogP contribution < -0.4 is 0 Å². The second-order valence-corrected chi connectivity index (χ2v) is 14.1. The summed E-state index contributed by atoms with van der Waals surface area (Å²) in [6.45, 7) is 3.56. The van der Waals surface area contributed by atoms with E-state index in [2.05, 4.69) is 79.1 Å². The molecule has 0 unspecified atom stereocenters. The lowest BCUT2D eigenvalue weighted by Gasteiger charge is -2.18. The zero-order chi connectivity index (χ0) is 36.8. The maximum atomic E-state index is 12.4. The summed E-state index contributed by atoms with van der Waals surface area (Å²) < 4.78 is 26.3. The van der Waals surface area contributed by atoms with Crippen LogP contribution >= 0.6 is 7.82 Å². The number of ether oxygens (including phenoxy) is 2. The molecule has 9 heteroatoms. The van der Waals surface area contributed by atoms with Gasteiger partial charge in [-0.15, -0.1) is 0 Å². The standard InChI is InChI=1S/C41H71O8P/c1-3-5-7-9-11-13-15-17-19-20-22-23-25-27-29-31-33-35-40(42)47-37-39(38-48-50(44,45)46)49-41(43)36-34-32-30-28-26-24-21-18-16-14-12-10-8-6-4-2/h7,9,13-16,19-20,23,25,39H,3-6,8,10-12,17-18,21-22,24,26-38H2,1-2H3,(H2,44,45,46)/b9-7+,15-13+,16-14+,20-19+,25-23+/t39-/m1/s1. The van der Waals surface area contributed by atoms with Gasteiger partial charge in [0, 0.05) is 12.8 Å². The van der Waals surface area contributed by atoms with Gasteiger partial charge in [0.25, 0.3) is 0 Å². The van der Waals surface area contributed by atoms with Crippen molar-refractivity contribution in [1.29, 1.82) is 0 Å². The Bertz CT molecular complexity index is 995. The molecule has 50 heavy (non-hydrogen) atoms. The van der Waals surface area contributed by atoms with Crippen LogP contribution in [0.3, 0.4) is 0 Å². The van der Waals surface area contributed by atoms with Crippen molar-refractivity contribution in [2.45, 2.75) is 174 Å². The van der Waals surface area contributed by atoms with Gasteiger partial charge in [0.15, 0.2) is 6.10 Å². The van der Waals surface area contributed by atoms with Gasteiger partial charge in [0.05, 0.1) is 6.61 Å². The molecule has 0 aromatic heterocycles. The number of esters is 2. The van der Waals surface area contributed by atoms with Crippen molar-refractivity contribution in [3.63, 3.8) is 0 Å². The first-order valence-corrected chi connectivity index (χ1v) is 21.1. The van der Waals surface area contributed by atoms with Crippen LogP contribution in [0.25, 0.3) is 0 Å². The van der Waals surface area contributed by atoms with Crippen LogP contribution in [-0.2, 0) is 28.2 Å². The molecule has 2 N–H and O–H groups in total. The average Bonchev–Trinajstić information content (AvgIpc) is 3.08. The molecule has 8 nitrogen and oxygen atoms in total. The fraction of sp³-hybridized carbons (Fsp3) is 0.707. The molecule has 0 rings (SSSR count). The Hall–Kier alpha value is -2.25. The first-order valence-electron chi connectivity index (χ1n) is 19.6. The van der Waals surface area contributed by atoms with Gasteiger partial charge in [0.2, 0.25) is 0 Å². The van der Waals surface area contributed by atoms with Gasteiger partial charge in [-0.2, -0.15) is 0 Å². The van der Waals surface area contributed by atoms with Crippen LogP contribution in [0.15, 0.2) is 60.8 Å². The number of phosphoric acid groups is 1. The Morgan fingerprint density at radius 1 is 0.520 bits per heavy atom. The van der Waals surface area contributed by atoms with E-state index in [4.69, 9.17) is 19.3 Å². The fourth-order valence-electron chi connectivity index (χ4n) is 5.06. The highest BCUT2D eigenvalue weighted by Gasteiger charge is 2.22. The summed E-state index contributed by atoms with van der Waals surface area (Å²) in [5.41, 5.74) is 0. The molecule has 0 radical (unpaired) electrons. The van der Waals surface area contributed by atoms with Crippen LogP contribution in [0, 0.1) is 0 Å². The maximum Gasteiger partial charge on any atom is 0.469 e. The van der Waals surface area contributed by atoms with E-state index < -0.39 is 32.5 Å². The van der Waals surface area contributed by atoms with Crippen molar-refractivity contribution >= 4 is 19.8 Å².